The molecule has 0 bridgehead atoms. The van der Waals surface area contributed by atoms with Gasteiger partial charge in [-0.25, -0.2) is 0 Å². The molecule has 2 aliphatic rings. The van der Waals surface area contributed by atoms with Crippen molar-refractivity contribution < 1.29 is 15.3 Å². The topological polar surface area (TPSA) is 0 Å². The zero-order chi connectivity index (χ0) is 25.4. The SMILES string of the molecule is Cc1ccc(C)c2c1C=C(C(C)C)[CH]2[Hf]([Cl])([Cl])([CH]1C(C(C)C)=Cc2c(C)ccc(C)c21)[SiH](C)C. The fourth-order valence-corrected chi connectivity index (χ4v) is 51.5. The molecule has 4 rings (SSSR count). The Balaban J connectivity index is 2.13. The summed E-state index contributed by atoms with van der Waals surface area (Å²) in [6, 6.07) is 9.12. The molecule has 0 aromatic heterocycles. The summed E-state index contributed by atoms with van der Waals surface area (Å²) in [6.45, 7) is 23.3. The molecule has 0 amide bonds. The van der Waals surface area contributed by atoms with Gasteiger partial charge in [-0.1, -0.05) is 0 Å². The first-order chi connectivity index (χ1) is 15.7. The standard InChI is InChI=1S/2C14H17.C2H7Si.2ClH.Hf/c2*1-9(2)12-7-13-10(3)5-6-11(4)14(13)8-12;1-3-2;;;/h2*5-9H,1-4H3;3H,1-2H3;2*1H;/q;;;;;+2/p-2. The molecule has 2 unspecified atom stereocenters. The number of aryl methyl sites for hydroxylation is 4. The van der Waals surface area contributed by atoms with Crippen LogP contribution in [0.3, 0.4) is 0 Å². The first-order valence-electron chi connectivity index (χ1n) is 12.9. The van der Waals surface area contributed by atoms with Crippen LogP contribution in [0.25, 0.3) is 12.2 Å². The van der Waals surface area contributed by atoms with E-state index in [0.29, 0.717) is 11.8 Å². The molecule has 0 nitrogen and oxygen atoms in total. The maximum atomic E-state index is 8.49. The molecule has 0 radical (unpaired) electrons. The van der Waals surface area contributed by atoms with Gasteiger partial charge in [-0.15, -0.1) is 0 Å². The second-order valence-corrected chi connectivity index (χ2v) is 71.2. The van der Waals surface area contributed by atoms with Crippen LogP contribution >= 0.6 is 17.2 Å². The van der Waals surface area contributed by atoms with Crippen molar-refractivity contribution in [3.63, 3.8) is 0 Å². The van der Waals surface area contributed by atoms with Gasteiger partial charge in [0.2, 0.25) is 0 Å². The zero-order valence-electron chi connectivity index (χ0n) is 22.6. The number of rotatable bonds is 5. The molecule has 0 fully saturated rings. The van der Waals surface area contributed by atoms with Crippen LogP contribution in [0, 0.1) is 39.5 Å². The van der Waals surface area contributed by atoms with Gasteiger partial charge in [-0.3, -0.25) is 0 Å². The number of fused-ring (bicyclic) bond motifs is 2. The van der Waals surface area contributed by atoms with Crippen LogP contribution in [0.15, 0.2) is 35.4 Å². The van der Waals surface area contributed by atoms with Crippen molar-refractivity contribution in [3.8, 4) is 0 Å². The Morgan fingerprint density at radius 3 is 1.26 bits per heavy atom. The van der Waals surface area contributed by atoms with Gasteiger partial charge in [-0.05, 0) is 0 Å². The number of allylic oxidation sites excluding steroid dienone is 2. The van der Waals surface area contributed by atoms with Gasteiger partial charge in [0, 0.05) is 0 Å². The average molecular weight is 679 g/mol. The van der Waals surface area contributed by atoms with Crippen LogP contribution < -0.4 is 0 Å². The Bertz CT molecular complexity index is 1140. The third-order valence-corrected chi connectivity index (χ3v) is 81.3. The maximum absolute atomic E-state index is 8.49. The molecule has 0 saturated carbocycles. The van der Waals surface area contributed by atoms with Crippen molar-refractivity contribution in [1.82, 2.24) is 0 Å². The number of halogens is 2. The Morgan fingerprint density at radius 2 is 0.971 bits per heavy atom. The van der Waals surface area contributed by atoms with E-state index in [1.807, 2.05) is 0 Å². The van der Waals surface area contributed by atoms with Gasteiger partial charge in [0.15, 0.2) is 0 Å². The summed E-state index contributed by atoms with van der Waals surface area (Å²) in [5.41, 5.74) is 14.0. The molecular formula is C30H41Cl2HfSi. The first-order valence-corrected chi connectivity index (χ1v) is 35.1. The molecule has 2 atom stereocenters. The summed E-state index contributed by atoms with van der Waals surface area (Å²) in [7, 11) is 17.0. The minimum absolute atomic E-state index is 0.194. The number of hydrogen-bond donors (Lipinski definition) is 0. The quantitative estimate of drug-likeness (QED) is 0.276. The predicted molar refractivity (Wildman–Crippen MR) is 154 cm³/mol. The normalized spacial score (nSPS) is 21.0. The minimum atomic E-state index is -4.80. The van der Waals surface area contributed by atoms with Crippen LogP contribution in [0.4, 0.5) is 0 Å². The van der Waals surface area contributed by atoms with Crippen LogP contribution in [-0.2, 0) is 15.3 Å². The van der Waals surface area contributed by atoms with Crippen LogP contribution in [0.2, 0.25) is 13.1 Å². The summed E-state index contributed by atoms with van der Waals surface area (Å²) in [4.78, 5) is 0. The monoisotopic (exact) mass is 679 g/mol. The third-order valence-electron chi connectivity index (χ3n) is 8.85. The van der Waals surface area contributed by atoms with Gasteiger partial charge < -0.3 is 0 Å². The molecular weight excluding hydrogens is 638 g/mol. The summed E-state index contributed by atoms with van der Waals surface area (Å²) in [6.07, 6.45) is 4.95. The summed E-state index contributed by atoms with van der Waals surface area (Å²) in [5, 5.41) is 0. The van der Waals surface area contributed by atoms with Gasteiger partial charge in [0.25, 0.3) is 0 Å². The molecule has 2 aromatic rings. The Morgan fingerprint density at radius 1 is 0.647 bits per heavy atom. The zero-order valence-corrected chi connectivity index (χ0v) is 28.9. The van der Waals surface area contributed by atoms with Crippen LogP contribution in [-0.4, -0.2) is 5.98 Å². The molecule has 0 saturated heterocycles. The molecule has 0 aliphatic heterocycles. The molecule has 0 heterocycles. The van der Waals surface area contributed by atoms with E-state index in [1.165, 1.54) is 55.7 Å². The van der Waals surface area contributed by atoms with Crippen molar-refractivity contribution in [2.75, 3.05) is 0 Å². The predicted octanol–water partition coefficient (Wildman–Crippen LogP) is 9.79. The van der Waals surface area contributed by atoms with E-state index in [9.17, 15) is 0 Å². The summed E-state index contributed by atoms with van der Waals surface area (Å²) < 4.78 is 0.389. The fraction of sp³-hybridized carbons (Fsp3) is 0.467. The number of hydrogen-bond acceptors (Lipinski definition) is 0. The second kappa shape index (κ2) is 8.86. The fourth-order valence-electron chi connectivity index (χ4n) is 6.71. The van der Waals surface area contributed by atoms with E-state index >= 15 is 0 Å². The molecule has 4 heteroatoms. The van der Waals surface area contributed by atoms with Crippen molar-refractivity contribution in [2.45, 2.75) is 75.8 Å². The van der Waals surface area contributed by atoms with E-state index in [4.69, 9.17) is 17.2 Å². The molecule has 183 valence electrons. The van der Waals surface area contributed by atoms with Gasteiger partial charge >= 0.3 is 218 Å². The van der Waals surface area contributed by atoms with Crippen LogP contribution in [0.5, 0.6) is 0 Å². The van der Waals surface area contributed by atoms with Crippen molar-refractivity contribution in [1.29, 1.82) is 0 Å². The Hall–Kier alpha value is -0.413. The van der Waals surface area contributed by atoms with Gasteiger partial charge in [0.05, 0.1) is 0 Å². The average Bonchev–Trinajstić information content (AvgIpc) is 3.36. The van der Waals surface area contributed by atoms with Crippen molar-refractivity contribution >= 4 is 35.3 Å². The number of benzene rings is 2. The molecule has 2 aromatic carbocycles. The molecule has 0 spiro atoms. The van der Waals surface area contributed by atoms with E-state index in [0.717, 1.165) is 0 Å². The van der Waals surface area contributed by atoms with E-state index < -0.39 is 21.3 Å². The van der Waals surface area contributed by atoms with Crippen LogP contribution in [0.1, 0.15) is 79.6 Å². The second-order valence-electron chi connectivity index (χ2n) is 11.9. The van der Waals surface area contributed by atoms with Crippen molar-refractivity contribution in [2.24, 2.45) is 11.8 Å². The molecule has 2 aliphatic carbocycles. The third kappa shape index (κ3) is 3.68. The molecule has 34 heavy (non-hydrogen) atoms. The van der Waals surface area contributed by atoms with Gasteiger partial charge in [0.1, 0.15) is 0 Å². The Kier molecular flexibility index (Phi) is 6.94. The molecule has 0 N–H and O–H groups in total. The summed E-state index contributed by atoms with van der Waals surface area (Å²) in [5.74, 6) is -0.664. The Labute approximate surface area is 216 Å². The van der Waals surface area contributed by atoms with Gasteiger partial charge in [-0.2, -0.15) is 0 Å². The van der Waals surface area contributed by atoms with E-state index in [2.05, 4.69) is 105 Å². The van der Waals surface area contributed by atoms with E-state index in [1.54, 1.807) is 0 Å². The summed E-state index contributed by atoms with van der Waals surface area (Å²) >= 11 is -4.80. The first kappa shape index (κ1) is 26.6. The van der Waals surface area contributed by atoms with Crippen molar-refractivity contribution in [3.05, 3.63) is 79.9 Å². The van der Waals surface area contributed by atoms with E-state index in [-0.39, 0.29) is 7.35 Å².